The van der Waals surface area contributed by atoms with Crippen LogP contribution in [-0.4, -0.2) is 11.1 Å². The number of hydrogen-bond donors (Lipinski definition) is 1. The van der Waals surface area contributed by atoms with Crippen LogP contribution in [0.25, 0.3) is 0 Å². The van der Waals surface area contributed by atoms with Crippen LogP contribution < -0.4 is 0 Å². The Morgan fingerprint density at radius 2 is 1.54 bits per heavy atom. The number of aryl methyl sites for hydroxylation is 2. The molecule has 1 aliphatic rings. The molecule has 1 saturated carbocycles. The highest BCUT2D eigenvalue weighted by atomic mass is 16.4. The number of aliphatic carboxylic acids is 1. The normalized spacial score (nSPS) is 15.8. The third-order valence-electron chi connectivity index (χ3n) is 6.35. The number of carbonyl (C=O) groups is 1. The average molecular weight is 359 g/mol. The number of rotatable bonds is 13. The first kappa shape index (κ1) is 21.0. The fourth-order valence-corrected chi connectivity index (χ4v) is 4.09. The van der Waals surface area contributed by atoms with Gasteiger partial charge in [-0.05, 0) is 73.3 Å². The fourth-order valence-electron chi connectivity index (χ4n) is 4.09. The lowest BCUT2D eigenvalue weighted by Gasteiger charge is -2.22. The third kappa shape index (κ3) is 7.51. The molecular formula is C24H38O2. The summed E-state index contributed by atoms with van der Waals surface area (Å²) in [5.74, 6) is -0.687. The Hall–Kier alpha value is -1.31. The largest absolute Gasteiger partial charge is 0.481 e. The zero-order valence-electron chi connectivity index (χ0n) is 17.2. The molecule has 0 aliphatic heterocycles. The van der Waals surface area contributed by atoms with Gasteiger partial charge in [-0.3, -0.25) is 4.79 Å². The lowest BCUT2D eigenvalue weighted by Crippen LogP contribution is -2.16. The van der Waals surface area contributed by atoms with Gasteiger partial charge in [0.2, 0.25) is 0 Å². The van der Waals surface area contributed by atoms with Crippen molar-refractivity contribution in [2.75, 3.05) is 0 Å². The average Bonchev–Trinajstić information content (AvgIpc) is 3.36. The predicted octanol–water partition coefficient (Wildman–Crippen LogP) is 6.80. The van der Waals surface area contributed by atoms with Crippen LogP contribution in [-0.2, 0) is 17.6 Å². The predicted molar refractivity (Wildman–Crippen MR) is 110 cm³/mol. The van der Waals surface area contributed by atoms with E-state index in [-0.39, 0.29) is 11.8 Å². The molecule has 2 nitrogen and oxygen atoms in total. The summed E-state index contributed by atoms with van der Waals surface area (Å²) in [5.41, 5.74) is 3.53. The smallest absolute Gasteiger partial charge is 0.303 e. The van der Waals surface area contributed by atoms with Gasteiger partial charge in [-0.25, -0.2) is 0 Å². The van der Waals surface area contributed by atoms with Gasteiger partial charge >= 0.3 is 5.97 Å². The van der Waals surface area contributed by atoms with Crippen LogP contribution in [0.5, 0.6) is 0 Å². The molecule has 0 heterocycles. The van der Waals surface area contributed by atoms with E-state index in [1.165, 1.54) is 56.1 Å². The molecule has 0 bridgehead atoms. The fraction of sp³-hybridized carbons (Fsp3) is 0.708. The summed E-state index contributed by atoms with van der Waals surface area (Å²) in [4.78, 5) is 10.9. The van der Waals surface area contributed by atoms with Crippen LogP contribution in [0.4, 0.5) is 0 Å². The highest BCUT2D eigenvalue weighted by Crippen LogP contribution is 2.52. The van der Waals surface area contributed by atoms with Gasteiger partial charge in [-0.1, -0.05) is 64.3 Å². The highest BCUT2D eigenvalue weighted by molar-refractivity contribution is 5.67. The maximum atomic E-state index is 10.9. The SMILES string of the molecule is CCC1(CCCCc2ccc(CCCCC(C)(C)CC(=O)O)cc2)CC1. The van der Waals surface area contributed by atoms with E-state index < -0.39 is 5.97 Å². The second kappa shape index (κ2) is 9.58. The quantitative estimate of drug-likeness (QED) is 0.393. The summed E-state index contributed by atoms with van der Waals surface area (Å²) in [7, 11) is 0. The Bertz CT molecular complexity index is 552. The summed E-state index contributed by atoms with van der Waals surface area (Å²) in [6.45, 7) is 6.46. The van der Waals surface area contributed by atoms with E-state index in [0.717, 1.165) is 31.1 Å². The number of carboxylic acids is 1. The molecule has 2 rings (SSSR count). The van der Waals surface area contributed by atoms with Crippen LogP contribution in [0, 0.1) is 10.8 Å². The van der Waals surface area contributed by atoms with Gasteiger partial charge in [0.25, 0.3) is 0 Å². The van der Waals surface area contributed by atoms with E-state index in [4.69, 9.17) is 5.11 Å². The molecule has 26 heavy (non-hydrogen) atoms. The Morgan fingerprint density at radius 3 is 2.00 bits per heavy atom. The van der Waals surface area contributed by atoms with Crippen molar-refractivity contribution in [1.82, 2.24) is 0 Å². The third-order valence-corrected chi connectivity index (χ3v) is 6.35. The Kier molecular flexibility index (Phi) is 7.73. The number of carboxylic acid groups (broad SMARTS) is 1. The maximum Gasteiger partial charge on any atom is 0.303 e. The van der Waals surface area contributed by atoms with E-state index in [1.54, 1.807) is 0 Å². The molecule has 1 fully saturated rings. The van der Waals surface area contributed by atoms with Crippen LogP contribution in [0.1, 0.15) is 96.1 Å². The lowest BCUT2D eigenvalue weighted by molar-refractivity contribution is -0.139. The summed E-state index contributed by atoms with van der Waals surface area (Å²) in [6, 6.07) is 9.17. The maximum absolute atomic E-state index is 10.9. The molecule has 0 saturated heterocycles. The Morgan fingerprint density at radius 1 is 1.00 bits per heavy atom. The summed E-state index contributed by atoms with van der Waals surface area (Å²) >= 11 is 0. The lowest BCUT2D eigenvalue weighted by atomic mass is 9.83. The monoisotopic (exact) mass is 358 g/mol. The zero-order valence-corrected chi connectivity index (χ0v) is 17.2. The van der Waals surface area contributed by atoms with Gasteiger partial charge in [-0.15, -0.1) is 0 Å². The van der Waals surface area contributed by atoms with Gasteiger partial charge in [0.05, 0.1) is 6.42 Å². The van der Waals surface area contributed by atoms with E-state index in [9.17, 15) is 4.79 Å². The molecule has 146 valence electrons. The summed E-state index contributed by atoms with van der Waals surface area (Å²) < 4.78 is 0. The van der Waals surface area contributed by atoms with Crippen molar-refractivity contribution in [3.05, 3.63) is 35.4 Å². The molecule has 1 aliphatic carbocycles. The first-order valence-corrected chi connectivity index (χ1v) is 10.6. The number of hydrogen-bond acceptors (Lipinski definition) is 1. The molecule has 0 aromatic heterocycles. The molecule has 0 unspecified atom stereocenters. The van der Waals surface area contributed by atoms with E-state index >= 15 is 0 Å². The molecule has 2 heteroatoms. The van der Waals surface area contributed by atoms with Crippen molar-refractivity contribution >= 4 is 5.97 Å². The molecule has 0 amide bonds. The standard InChI is InChI=1S/C24H38O2/c1-4-24(17-18-24)16-8-6-10-21-13-11-20(12-14-21)9-5-7-15-23(2,3)19-22(25)26/h11-14H,4-10,15-19H2,1-3H3,(H,25,26). The second-order valence-corrected chi connectivity index (χ2v) is 9.32. The Labute approximate surface area is 160 Å². The van der Waals surface area contributed by atoms with Crippen LogP contribution in [0.15, 0.2) is 24.3 Å². The minimum Gasteiger partial charge on any atom is -0.481 e. The van der Waals surface area contributed by atoms with Crippen LogP contribution in [0.2, 0.25) is 0 Å². The first-order valence-electron chi connectivity index (χ1n) is 10.6. The van der Waals surface area contributed by atoms with Gasteiger partial charge < -0.3 is 5.11 Å². The van der Waals surface area contributed by atoms with E-state index in [2.05, 4.69) is 45.0 Å². The first-order chi connectivity index (χ1) is 12.3. The molecule has 1 aromatic carbocycles. The van der Waals surface area contributed by atoms with Crippen molar-refractivity contribution in [2.24, 2.45) is 10.8 Å². The van der Waals surface area contributed by atoms with Crippen molar-refractivity contribution in [3.8, 4) is 0 Å². The van der Waals surface area contributed by atoms with Gasteiger partial charge in [0.1, 0.15) is 0 Å². The van der Waals surface area contributed by atoms with Crippen molar-refractivity contribution in [3.63, 3.8) is 0 Å². The van der Waals surface area contributed by atoms with E-state index in [0.29, 0.717) is 0 Å². The minimum atomic E-state index is -0.687. The van der Waals surface area contributed by atoms with Crippen molar-refractivity contribution in [1.29, 1.82) is 0 Å². The Balaban J connectivity index is 1.60. The molecule has 1 aromatic rings. The van der Waals surface area contributed by atoms with Crippen molar-refractivity contribution < 1.29 is 9.90 Å². The molecule has 1 N–H and O–H groups in total. The minimum absolute atomic E-state index is 0.0908. The molecular weight excluding hydrogens is 320 g/mol. The second-order valence-electron chi connectivity index (χ2n) is 9.32. The molecule has 0 spiro atoms. The highest BCUT2D eigenvalue weighted by Gasteiger charge is 2.39. The summed E-state index contributed by atoms with van der Waals surface area (Å²) in [6.07, 6.45) is 14.2. The van der Waals surface area contributed by atoms with Gasteiger partial charge in [0.15, 0.2) is 0 Å². The summed E-state index contributed by atoms with van der Waals surface area (Å²) in [5, 5.41) is 8.94. The van der Waals surface area contributed by atoms with E-state index in [1.807, 2.05) is 0 Å². The van der Waals surface area contributed by atoms with Crippen LogP contribution >= 0.6 is 0 Å². The molecule has 0 radical (unpaired) electrons. The zero-order chi connectivity index (χ0) is 19.0. The van der Waals surface area contributed by atoms with Crippen molar-refractivity contribution in [2.45, 2.75) is 97.8 Å². The van der Waals surface area contributed by atoms with Gasteiger partial charge in [0, 0.05) is 0 Å². The van der Waals surface area contributed by atoms with Crippen LogP contribution in [0.3, 0.4) is 0 Å². The molecule has 0 atom stereocenters. The topological polar surface area (TPSA) is 37.3 Å². The van der Waals surface area contributed by atoms with Gasteiger partial charge in [-0.2, -0.15) is 0 Å². The number of benzene rings is 1. The number of unbranched alkanes of at least 4 members (excludes halogenated alkanes) is 2.